The number of amidine groups is 1. The number of carboxylic acids is 1. The van der Waals surface area contributed by atoms with Crippen molar-refractivity contribution in [1.29, 1.82) is 0 Å². The number of nitrogens with zero attached hydrogens (tertiary/aromatic N) is 2. The predicted octanol–water partition coefficient (Wildman–Crippen LogP) is 6.10. The van der Waals surface area contributed by atoms with Crippen molar-refractivity contribution in [2.24, 2.45) is 10.4 Å². The smallest absolute Gasteiger partial charge is 0.416 e. The summed E-state index contributed by atoms with van der Waals surface area (Å²) in [5.41, 5.74) is 5.95. The van der Waals surface area contributed by atoms with Crippen LogP contribution in [0.4, 0.5) is 13.2 Å². The van der Waals surface area contributed by atoms with Gasteiger partial charge in [-0.2, -0.15) is 13.2 Å². The second kappa shape index (κ2) is 9.31. The number of alkyl halides is 3. The summed E-state index contributed by atoms with van der Waals surface area (Å²) in [5.74, 6) is -0.181. The first kappa shape index (κ1) is 26.0. The lowest BCUT2D eigenvalue weighted by Crippen LogP contribution is -2.35. The number of nitrogens with one attached hydrogen (secondary N) is 1. The Kier molecular flexibility index (Phi) is 6.06. The van der Waals surface area contributed by atoms with Crippen molar-refractivity contribution in [3.8, 4) is 0 Å². The molecule has 212 valence electrons. The molecule has 2 atom stereocenters. The quantitative estimate of drug-likeness (QED) is 0.453. The summed E-state index contributed by atoms with van der Waals surface area (Å²) in [6.45, 7) is 2.36. The van der Waals surface area contributed by atoms with Crippen LogP contribution in [0.2, 0.25) is 0 Å². The number of carboxylic acid groups (broad SMARTS) is 1. The number of carbonyl (C=O) groups is 1. The van der Waals surface area contributed by atoms with Gasteiger partial charge in [0, 0.05) is 29.6 Å². The molecule has 0 amide bonds. The highest BCUT2D eigenvalue weighted by Gasteiger charge is 2.54. The summed E-state index contributed by atoms with van der Waals surface area (Å²) in [6, 6.07) is 10.7. The molecule has 5 aliphatic rings. The fourth-order valence-electron chi connectivity index (χ4n) is 7.72. The molecule has 2 heterocycles. The van der Waals surface area contributed by atoms with Gasteiger partial charge < -0.3 is 10.0 Å². The van der Waals surface area contributed by atoms with Crippen LogP contribution in [0.5, 0.6) is 0 Å². The summed E-state index contributed by atoms with van der Waals surface area (Å²) in [7, 11) is 0. The average molecular weight is 554 g/mol. The lowest BCUT2D eigenvalue weighted by atomic mass is 9.81. The molecule has 0 radical (unpaired) electrons. The highest BCUT2D eigenvalue weighted by molar-refractivity contribution is 6.00. The number of halogens is 3. The fourth-order valence-corrected chi connectivity index (χ4v) is 7.72. The number of benzene rings is 2. The van der Waals surface area contributed by atoms with Crippen LogP contribution in [0.15, 0.2) is 41.4 Å². The summed E-state index contributed by atoms with van der Waals surface area (Å²) in [5, 5.41) is 9.64. The van der Waals surface area contributed by atoms with Gasteiger partial charge in [0.25, 0.3) is 0 Å². The maximum Gasteiger partial charge on any atom is 0.416 e. The Labute approximate surface area is 231 Å². The van der Waals surface area contributed by atoms with Crippen LogP contribution < -0.4 is 5.48 Å². The standard InChI is InChI=1S/C31H34F3N3O3/c32-31(33,34)25-16-20(8-9-21(25)19-4-1-2-5-19)27-35-26(36-40-27)23-6-3-7-24-22(23)10-11-29(24)14-15-37(17-29)18-30(12-13-30)28(38)39/h3,6-9,16,19,27H,1-2,4-5,10-15,17-18H2,(H,35,36)(H,38,39). The third kappa shape index (κ3) is 4.33. The molecule has 6 nitrogen and oxygen atoms in total. The molecular formula is C31H34F3N3O3. The summed E-state index contributed by atoms with van der Waals surface area (Å²) >= 11 is 0. The van der Waals surface area contributed by atoms with Crippen molar-refractivity contribution < 1.29 is 27.9 Å². The van der Waals surface area contributed by atoms with E-state index in [0.717, 1.165) is 76.4 Å². The molecule has 2 unspecified atom stereocenters. The van der Waals surface area contributed by atoms with Crippen molar-refractivity contribution in [2.45, 2.75) is 81.5 Å². The van der Waals surface area contributed by atoms with Crippen LogP contribution in [0.3, 0.4) is 0 Å². The number of aliphatic imine (C=N–C) groups is 1. The van der Waals surface area contributed by atoms with Gasteiger partial charge in [-0.3, -0.25) is 4.79 Å². The number of likely N-dealkylation sites (tertiary alicyclic amines) is 1. The molecule has 1 spiro atoms. The van der Waals surface area contributed by atoms with E-state index >= 15 is 0 Å². The van der Waals surface area contributed by atoms with E-state index in [4.69, 9.17) is 9.83 Å². The van der Waals surface area contributed by atoms with Crippen molar-refractivity contribution in [3.63, 3.8) is 0 Å². The first-order valence-corrected chi connectivity index (χ1v) is 14.5. The van der Waals surface area contributed by atoms with Crippen LogP contribution in [-0.4, -0.2) is 41.4 Å². The molecule has 0 aromatic heterocycles. The van der Waals surface area contributed by atoms with Crippen LogP contribution >= 0.6 is 0 Å². The zero-order valence-electron chi connectivity index (χ0n) is 22.4. The molecule has 2 saturated carbocycles. The zero-order valence-corrected chi connectivity index (χ0v) is 22.4. The molecule has 40 heavy (non-hydrogen) atoms. The average Bonchev–Trinajstić information content (AvgIpc) is 3.42. The highest BCUT2D eigenvalue weighted by Crippen LogP contribution is 2.51. The van der Waals surface area contributed by atoms with E-state index in [1.165, 1.54) is 17.2 Å². The maximum absolute atomic E-state index is 14.0. The minimum absolute atomic E-state index is 0.00295. The molecule has 3 aliphatic carbocycles. The fraction of sp³-hybridized carbons (Fsp3) is 0.548. The minimum Gasteiger partial charge on any atom is -0.481 e. The number of hydrogen-bond donors (Lipinski definition) is 2. The Morgan fingerprint density at radius 2 is 1.93 bits per heavy atom. The van der Waals surface area contributed by atoms with Gasteiger partial charge in [0.05, 0.1) is 11.0 Å². The van der Waals surface area contributed by atoms with Gasteiger partial charge in [-0.25, -0.2) is 15.3 Å². The molecule has 7 rings (SSSR count). The van der Waals surface area contributed by atoms with Crippen LogP contribution in [-0.2, 0) is 27.6 Å². The van der Waals surface area contributed by atoms with Gasteiger partial charge in [-0.05, 0) is 80.2 Å². The second-order valence-corrected chi connectivity index (χ2v) is 12.5. The molecule has 3 fully saturated rings. The van der Waals surface area contributed by atoms with Crippen molar-refractivity contribution >= 4 is 11.8 Å². The zero-order chi connectivity index (χ0) is 27.7. The maximum atomic E-state index is 14.0. The largest absolute Gasteiger partial charge is 0.481 e. The second-order valence-electron chi connectivity index (χ2n) is 12.5. The van der Waals surface area contributed by atoms with Crippen molar-refractivity contribution in [1.82, 2.24) is 10.4 Å². The molecule has 2 aromatic rings. The number of rotatable bonds is 6. The van der Waals surface area contributed by atoms with E-state index in [0.29, 0.717) is 23.5 Å². The SMILES string of the molecule is O=C(O)C1(CN2CCC3(CCc4c(C5=NC(c6ccc(C7CCCC7)c(C(F)(F)F)c6)ON5)cccc43)C2)CC1. The molecule has 2 aromatic carbocycles. The van der Waals surface area contributed by atoms with E-state index in [1.807, 2.05) is 12.1 Å². The Bertz CT molecular complexity index is 1380. The number of hydroxylamine groups is 1. The van der Waals surface area contributed by atoms with Crippen molar-refractivity contribution in [2.75, 3.05) is 19.6 Å². The summed E-state index contributed by atoms with van der Waals surface area (Å²) in [6.07, 6.45) is 2.62. The number of aliphatic carboxylic acids is 1. The molecule has 0 bridgehead atoms. The number of fused-ring (bicyclic) bond motifs is 2. The first-order chi connectivity index (χ1) is 19.2. The molecule has 9 heteroatoms. The first-order valence-electron chi connectivity index (χ1n) is 14.5. The lowest BCUT2D eigenvalue weighted by molar-refractivity contribution is -0.144. The predicted molar refractivity (Wildman–Crippen MR) is 143 cm³/mol. The monoisotopic (exact) mass is 553 g/mol. The third-order valence-corrected chi connectivity index (χ3v) is 10.1. The third-order valence-electron chi connectivity index (χ3n) is 10.1. The molecule has 2 N–H and O–H groups in total. The van der Waals surface area contributed by atoms with E-state index in [2.05, 4.69) is 16.4 Å². The summed E-state index contributed by atoms with van der Waals surface area (Å²) in [4.78, 5) is 24.5. The van der Waals surface area contributed by atoms with Gasteiger partial charge in [-0.15, -0.1) is 0 Å². The van der Waals surface area contributed by atoms with Gasteiger partial charge >= 0.3 is 12.1 Å². The van der Waals surface area contributed by atoms with Gasteiger partial charge in [0.2, 0.25) is 6.23 Å². The Hall–Kier alpha value is -2.91. The lowest BCUT2D eigenvalue weighted by Gasteiger charge is -2.27. The Morgan fingerprint density at radius 1 is 1.12 bits per heavy atom. The molecule has 1 saturated heterocycles. The van der Waals surface area contributed by atoms with Crippen LogP contribution in [0, 0.1) is 5.41 Å². The number of hydrogen-bond acceptors (Lipinski definition) is 5. The van der Waals surface area contributed by atoms with E-state index in [9.17, 15) is 23.1 Å². The normalized spacial score (nSPS) is 27.7. The van der Waals surface area contributed by atoms with Gasteiger partial charge in [0.15, 0.2) is 5.84 Å². The van der Waals surface area contributed by atoms with E-state index < -0.39 is 29.4 Å². The topological polar surface area (TPSA) is 74.2 Å². The Balaban J connectivity index is 1.14. The van der Waals surface area contributed by atoms with E-state index in [1.54, 1.807) is 12.1 Å². The minimum atomic E-state index is -4.43. The summed E-state index contributed by atoms with van der Waals surface area (Å²) < 4.78 is 42.1. The van der Waals surface area contributed by atoms with Gasteiger partial charge in [-0.1, -0.05) is 43.2 Å². The van der Waals surface area contributed by atoms with Crippen molar-refractivity contribution in [3.05, 3.63) is 69.8 Å². The highest BCUT2D eigenvalue weighted by atomic mass is 19.4. The van der Waals surface area contributed by atoms with Crippen LogP contribution in [0.1, 0.15) is 96.9 Å². The molecular weight excluding hydrogens is 519 g/mol. The van der Waals surface area contributed by atoms with Gasteiger partial charge in [0.1, 0.15) is 0 Å². The van der Waals surface area contributed by atoms with Crippen LogP contribution in [0.25, 0.3) is 0 Å². The molecule has 2 aliphatic heterocycles. The Morgan fingerprint density at radius 3 is 2.65 bits per heavy atom. The van der Waals surface area contributed by atoms with E-state index in [-0.39, 0.29) is 11.3 Å².